The normalized spacial score (nSPS) is 10.2. The van der Waals surface area contributed by atoms with Gasteiger partial charge in [-0.25, -0.2) is 0 Å². The van der Waals surface area contributed by atoms with E-state index in [1.54, 1.807) is 18.2 Å². The van der Waals surface area contributed by atoms with Gasteiger partial charge in [0.1, 0.15) is 5.56 Å². The molecule has 2 aromatic rings. The van der Waals surface area contributed by atoms with Crippen molar-refractivity contribution in [3.05, 3.63) is 45.5 Å². The van der Waals surface area contributed by atoms with Gasteiger partial charge in [0.05, 0.1) is 40.5 Å². The summed E-state index contributed by atoms with van der Waals surface area (Å²) >= 11 is 0. The van der Waals surface area contributed by atoms with E-state index < -0.39 is 16.5 Å². The summed E-state index contributed by atoms with van der Waals surface area (Å²) in [5, 5.41) is 11.8. The molecule has 0 atom stereocenters. The van der Waals surface area contributed by atoms with Crippen LogP contribution in [-0.4, -0.2) is 58.3 Å². The summed E-state index contributed by atoms with van der Waals surface area (Å²) in [7, 11) is 8.47. The fourth-order valence-electron chi connectivity index (χ4n) is 3.10. The van der Waals surface area contributed by atoms with Gasteiger partial charge in [-0.05, 0) is 6.07 Å². The Bertz CT molecular complexity index is 945. The number of nitrogens with zero attached hydrogens (tertiary/aromatic N) is 2. The van der Waals surface area contributed by atoms with Crippen LogP contribution in [0, 0.1) is 10.1 Å². The minimum Gasteiger partial charge on any atom is -0.493 e. The minimum atomic E-state index is -0.687. The quantitative estimate of drug-likeness (QED) is 0.450. The number of carbonyl (C=O) groups is 1. The molecule has 0 fully saturated rings. The van der Waals surface area contributed by atoms with Gasteiger partial charge in [-0.1, -0.05) is 12.1 Å². The summed E-state index contributed by atoms with van der Waals surface area (Å²) in [5.74, 6) is 0.341. The number of amides is 1. The summed E-state index contributed by atoms with van der Waals surface area (Å²) in [6, 6.07) is 6.53. The number of ether oxygens (including phenoxy) is 5. The molecule has 0 saturated heterocycles. The zero-order valence-electron chi connectivity index (χ0n) is 17.7. The highest BCUT2D eigenvalue weighted by molar-refractivity contribution is 6.00. The van der Waals surface area contributed by atoms with E-state index in [-0.39, 0.29) is 29.4 Å². The molecule has 10 heteroatoms. The molecule has 0 N–H and O–H groups in total. The molecule has 0 aliphatic heterocycles. The van der Waals surface area contributed by atoms with Gasteiger partial charge in [-0.2, -0.15) is 0 Å². The molecule has 0 saturated carbocycles. The molecular weight excluding hydrogens is 396 g/mol. The summed E-state index contributed by atoms with van der Waals surface area (Å²) in [4.78, 5) is 25.6. The Morgan fingerprint density at radius 3 is 2.03 bits per heavy atom. The van der Waals surface area contributed by atoms with Crippen molar-refractivity contribution in [2.24, 2.45) is 0 Å². The first kappa shape index (κ1) is 22.6. The second-order valence-electron chi connectivity index (χ2n) is 6.11. The lowest BCUT2D eigenvalue weighted by atomic mass is 10.1. The lowest BCUT2D eigenvalue weighted by Crippen LogP contribution is -2.27. The van der Waals surface area contributed by atoms with E-state index in [0.29, 0.717) is 17.1 Å². The van der Waals surface area contributed by atoms with Crippen molar-refractivity contribution in [1.29, 1.82) is 0 Å². The molecule has 162 valence electrons. The van der Waals surface area contributed by atoms with Gasteiger partial charge in [0.15, 0.2) is 17.2 Å². The van der Waals surface area contributed by atoms with E-state index >= 15 is 0 Å². The third kappa shape index (κ3) is 4.17. The Hall–Kier alpha value is -3.69. The van der Waals surface area contributed by atoms with E-state index in [0.717, 1.165) is 0 Å². The van der Waals surface area contributed by atoms with Gasteiger partial charge in [0.25, 0.3) is 5.91 Å². The average molecular weight is 420 g/mol. The van der Waals surface area contributed by atoms with Crippen LogP contribution in [0.25, 0.3) is 0 Å². The monoisotopic (exact) mass is 420 g/mol. The molecule has 10 nitrogen and oxygen atoms in total. The van der Waals surface area contributed by atoms with E-state index in [2.05, 4.69) is 0 Å². The van der Waals surface area contributed by atoms with Crippen molar-refractivity contribution in [2.75, 3.05) is 42.6 Å². The number of hydrogen-bond donors (Lipinski definition) is 0. The zero-order valence-corrected chi connectivity index (χ0v) is 17.7. The minimum absolute atomic E-state index is 0.0281. The standard InChI is InChI=1S/C20H24N2O8/c1-21(11-12-8-7-9-14(26-2)17(12)28-4)20(23)13-10-15(27-3)18(29-5)19(30-6)16(13)22(24)25/h7-10H,11H2,1-6H3. The molecule has 1 amide bonds. The second kappa shape index (κ2) is 9.68. The van der Waals surface area contributed by atoms with Crippen LogP contribution in [0.3, 0.4) is 0 Å². The van der Waals surface area contributed by atoms with Crippen LogP contribution in [-0.2, 0) is 6.54 Å². The fourth-order valence-corrected chi connectivity index (χ4v) is 3.10. The summed E-state index contributed by atoms with van der Waals surface area (Å²) < 4.78 is 26.3. The van der Waals surface area contributed by atoms with Crippen molar-refractivity contribution in [1.82, 2.24) is 4.90 Å². The highest BCUT2D eigenvalue weighted by Gasteiger charge is 2.33. The van der Waals surface area contributed by atoms with Crippen molar-refractivity contribution in [2.45, 2.75) is 6.54 Å². The maximum absolute atomic E-state index is 13.2. The molecule has 2 aromatic carbocycles. The molecular formula is C20H24N2O8. The topological polar surface area (TPSA) is 110 Å². The Morgan fingerprint density at radius 2 is 1.53 bits per heavy atom. The van der Waals surface area contributed by atoms with E-state index in [1.807, 2.05) is 0 Å². The van der Waals surface area contributed by atoms with E-state index in [9.17, 15) is 14.9 Å². The Kier molecular flexibility index (Phi) is 7.29. The van der Waals surface area contributed by atoms with Crippen LogP contribution >= 0.6 is 0 Å². The number of para-hydroxylation sites is 1. The van der Waals surface area contributed by atoms with Gasteiger partial charge >= 0.3 is 5.69 Å². The van der Waals surface area contributed by atoms with E-state index in [1.165, 1.54) is 53.6 Å². The fraction of sp³-hybridized carbons (Fsp3) is 0.350. The summed E-state index contributed by atoms with van der Waals surface area (Å²) in [6.07, 6.45) is 0. The van der Waals surface area contributed by atoms with Crippen LogP contribution in [0.4, 0.5) is 5.69 Å². The molecule has 0 aliphatic rings. The van der Waals surface area contributed by atoms with Crippen molar-refractivity contribution < 1.29 is 33.4 Å². The number of rotatable bonds is 9. The first-order valence-electron chi connectivity index (χ1n) is 8.77. The number of methoxy groups -OCH3 is 5. The van der Waals surface area contributed by atoms with Crippen molar-refractivity contribution in [3.8, 4) is 28.7 Å². The van der Waals surface area contributed by atoms with Gasteiger partial charge in [-0.3, -0.25) is 14.9 Å². The Labute approximate surface area is 174 Å². The molecule has 30 heavy (non-hydrogen) atoms. The second-order valence-corrected chi connectivity index (χ2v) is 6.11. The van der Waals surface area contributed by atoms with Crippen molar-refractivity contribution >= 4 is 11.6 Å². The first-order chi connectivity index (χ1) is 14.3. The Morgan fingerprint density at radius 1 is 0.933 bits per heavy atom. The lowest BCUT2D eigenvalue weighted by Gasteiger charge is -2.21. The molecule has 0 spiro atoms. The predicted molar refractivity (Wildman–Crippen MR) is 108 cm³/mol. The molecule has 2 rings (SSSR count). The van der Waals surface area contributed by atoms with Gasteiger partial charge in [-0.15, -0.1) is 0 Å². The molecule has 0 aromatic heterocycles. The van der Waals surface area contributed by atoms with Crippen LogP contribution < -0.4 is 23.7 Å². The van der Waals surface area contributed by atoms with Crippen LogP contribution in [0.1, 0.15) is 15.9 Å². The van der Waals surface area contributed by atoms with Gasteiger partial charge in [0, 0.05) is 25.2 Å². The number of nitro benzene ring substituents is 1. The maximum atomic E-state index is 13.2. The summed E-state index contributed by atoms with van der Waals surface area (Å²) in [6.45, 7) is 0.118. The highest BCUT2D eigenvalue weighted by atomic mass is 16.6. The molecule has 0 unspecified atom stereocenters. The number of nitro groups is 1. The first-order valence-corrected chi connectivity index (χ1v) is 8.77. The van der Waals surface area contributed by atoms with Crippen LogP contribution in [0.2, 0.25) is 0 Å². The maximum Gasteiger partial charge on any atom is 0.327 e. The van der Waals surface area contributed by atoms with Gasteiger partial charge in [0.2, 0.25) is 11.5 Å². The predicted octanol–water partition coefficient (Wildman–Crippen LogP) is 2.91. The average Bonchev–Trinajstić information content (AvgIpc) is 2.76. The molecule has 0 heterocycles. The van der Waals surface area contributed by atoms with Crippen LogP contribution in [0.5, 0.6) is 28.7 Å². The third-order valence-corrected chi connectivity index (χ3v) is 4.46. The number of benzene rings is 2. The third-order valence-electron chi connectivity index (χ3n) is 4.46. The smallest absolute Gasteiger partial charge is 0.327 e. The summed E-state index contributed by atoms with van der Waals surface area (Å²) in [5.41, 5.74) is -0.0359. The molecule has 0 aliphatic carbocycles. The largest absolute Gasteiger partial charge is 0.493 e. The Balaban J connectivity index is 2.54. The molecule has 0 radical (unpaired) electrons. The van der Waals surface area contributed by atoms with Crippen molar-refractivity contribution in [3.63, 3.8) is 0 Å². The SMILES string of the molecule is COc1cccc(CN(C)C(=O)c2cc(OC)c(OC)c(OC)c2[N+](=O)[O-])c1OC. The van der Waals surface area contributed by atoms with Gasteiger partial charge < -0.3 is 28.6 Å². The number of hydrogen-bond acceptors (Lipinski definition) is 8. The molecule has 0 bridgehead atoms. The van der Waals surface area contributed by atoms with E-state index in [4.69, 9.17) is 23.7 Å². The highest BCUT2D eigenvalue weighted by Crippen LogP contribution is 2.46. The number of carbonyl (C=O) groups excluding carboxylic acids is 1. The lowest BCUT2D eigenvalue weighted by molar-refractivity contribution is -0.386. The zero-order chi connectivity index (χ0) is 22.4. The van der Waals surface area contributed by atoms with Crippen LogP contribution in [0.15, 0.2) is 24.3 Å².